The van der Waals surface area contributed by atoms with Crippen LogP contribution in [0.25, 0.3) is 5.52 Å². The molecule has 2 aromatic rings. The SMILES string of the molecule is C[C@H](Nc1ncc2c(Br)cc([C@H]3CC[C@H](O)CC3)n2n1)C(F)(F)F. The Kier molecular flexibility index (Phi) is 4.74. The van der Waals surface area contributed by atoms with Crippen LogP contribution in [0.5, 0.6) is 0 Å². The van der Waals surface area contributed by atoms with E-state index in [4.69, 9.17) is 0 Å². The summed E-state index contributed by atoms with van der Waals surface area (Å²) in [6.45, 7) is 1.03. The van der Waals surface area contributed by atoms with Gasteiger partial charge in [0.2, 0.25) is 5.95 Å². The minimum absolute atomic E-state index is 0.0625. The van der Waals surface area contributed by atoms with Crippen LogP contribution < -0.4 is 5.32 Å². The normalized spacial score (nSPS) is 23.4. The number of rotatable bonds is 3. The highest BCUT2D eigenvalue weighted by Crippen LogP contribution is 2.36. The highest BCUT2D eigenvalue weighted by molar-refractivity contribution is 9.10. The van der Waals surface area contributed by atoms with Crippen LogP contribution in [0.4, 0.5) is 19.1 Å². The number of alkyl halides is 3. The minimum Gasteiger partial charge on any atom is -0.393 e. The van der Waals surface area contributed by atoms with Crippen molar-refractivity contribution in [1.82, 2.24) is 14.6 Å². The van der Waals surface area contributed by atoms with E-state index in [0.29, 0.717) is 5.52 Å². The van der Waals surface area contributed by atoms with E-state index in [1.807, 2.05) is 6.07 Å². The lowest BCUT2D eigenvalue weighted by atomic mass is 9.85. The van der Waals surface area contributed by atoms with Crippen LogP contribution in [-0.2, 0) is 0 Å². The van der Waals surface area contributed by atoms with Crippen LogP contribution in [0, 0.1) is 0 Å². The van der Waals surface area contributed by atoms with Crippen molar-refractivity contribution in [1.29, 1.82) is 0 Å². The number of hydrogen-bond donors (Lipinski definition) is 2. The van der Waals surface area contributed by atoms with Gasteiger partial charge in [0.15, 0.2) is 0 Å². The van der Waals surface area contributed by atoms with Gasteiger partial charge in [0.25, 0.3) is 0 Å². The van der Waals surface area contributed by atoms with Gasteiger partial charge in [-0.25, -0.2) is 9.50 Å². The van der Waals surface area contributed by atoms with Gasteiger partial charge in [0, 0.05) is 16.1 Å². The molecule has 0 unspecified atom stereocenters. The van der Waals surface area contributed by atoms with Crippen molar-refractivity contribution >= 4 is 27.4 Å². The summed E-state index contributed by atoms with van der Waals surface area (Å²) in [5, 5.41) is 16.2. The summed E-state index contributed by atoms with van der Waals surface area (Å²) >= 11 is 3.45. The van der Waals surface area contributed by atoms with E-state index in [1.165, 1.54) is 6.20 Å². The van der Waals surface area contributed by atoms with Crippen LogP contribution in [-0.4, -0.2) is 38.0 Å². The third-order valence-electron chi connectivity index (χ3n) is 4.45. The summed E-state index contributed by atoms with van der Waals surface area (Å²) in [5.41, 5.74) is 1.63. The van der Waals surface area contributed by atoms with E-state index in [0.717, 1.165) is 42.8 Å². The number of hydrogen-bond acceptors (Lipinski definition) is 4. The Morgan fingerprint density at radius 3 is 2.62 bits per heavy atom. The number of nitrogens with zero attached hydrogens (tertiary/aromatic N) is 3. The molecule has 1 saturated carbocycles. The fraction of sp³-hybridized carbons (Fsp3) is 0.600. The standard InChI is InChI=1S/C15H18BrF3N4O/c1-8(15(17,18)19)21-14-20-7-13-11(16)6-12(23(13)22-14)9-2-4-10(24)5-3-9/h6-10,24H,2-5H2,1H3,(H,21,22)/t8-,9-,10-/m0/s1. The Bertz CT molecular complexity index is 725. The number of aromatic nitrogens is 3. The summed E-state index contributed by atoms with van der Waals surface area (Å²) in [6.07, 6.45) is -0.0398. The lowest BCUT2D eigenvalue weighted by molar-refractivity contribution is -0.138. The summed E-state index contributed by atoms with van der Waals surface area (Å²) in [4.78, 5) is 3.98. The summed E-state index contributed by atoms with van der Waals surface area (Å²) < 4.78 is 40.6. The zero-order valence-corrected chi connectivity index (χ0v) is 14.6. The van der Waals surface area contributed by atoms with Crippen LogP contribution in [0.1, 0.15) is 44.2 Å². The van der Waals surface area contributed by atoms with Gasteiger partial charge in [0.1, 0.15) is 6.04 Å². The largest absolute Gasteiger partial charge is 0.408 e. The molecule has 2 aromatic heterocycles. The first-order chi connectivity index (χ1) is 11.3. The molecule has 0 spiro atoms. The van der Waals surface area contributed by atoms with E-state index < -0.39 is 12.2 Å². The summed E-state index contributed by atoms with van der Waals surface area (Å²) in [7, 11) is 0. The molecule has 0 saturated heterocycles. The van der Waals surface area contributed by atoms with Gasteiger partial charge in [0.05, 0.1) is 17.8 Å². The first-order valence-electron chi connectivity index (χ1n) is 7.81. The maximum Gasteiger partial charge on any atom is 0.408 e. The molecule has 0 radical (unpaired) electrons. The number of fused-ring (bicyclic) bond motifs is 1. The smallest absolute Gasteiger partial charge is 0.393 e. The second-order valence-corrected chi connectivity index (χ2v) is 7.06. The van der Waals surface area contributed by atoms with Crippen molar-refractivity contribution in [3.05, 3.63) is 22.4 Å². The molecule has 1 aliphatic rings. The quantitative estimate of drug-likeness (QED) is 0.811. The van der Waals surface area contributed by atoms with Gasteiger partial charge in [-0.1, -0.05) is 0 Å². The number of anilines is 1. The average molecular weight is 407 g/mol. The molecule has 3 rings (SSSR count). The van der Waals surface area contributed by atoms with Crippen molar-refractivity contribution in [2.24, 2.45) is 0 Å². The van der Waals surface area contributed by atoms with Gasteiger partial charge >= 0.3 is 6.18 Å². The Morgan fingerprint density at radius 2 is 2.00 bits per heavy atom. The van der Waals surface area contributed by atoms with Crippen LogP contribution in [0.2, 0.25) is 0 Å². The predicted octanol–water partition coefficient (Wildman–Crippen LogP) is 3.87. The van der Waals surface area contributed by atoms with Gasteiger partial charge < -0.3 is 10.4 Å². The molecule has 24 heavy (non-hydrogen) atoms. The maximum atomic E-state index is 12.7. The first kappa shape index (κ1) is 17.5. The Morgan fingerprint density at radius 1 is 1.33 bits per heavy atom. The highest BCUT2D eigenvalue weighted by atomic mass is 79.9. The molecular weight excluding hydrogens is 389 g/mol. The second kappa shape index (κ2) is 6.51. The highest BCUT2D eigenvalue weighted by Gasteiger charge is 2.36. The molecule has 1 fully saturated rings. The second-order valence-electron chi connectivity index (χ2n) is 6.21. The van der Waals surface area contributed by atoms with Crippen LogP contribution in [0.15, 0.2) is 16.7 Å². The fourth-order valence-corrected chi connectivity index (χ4v) is 3.48. The average Bonchev–Trinajstić information content (AvgIpc) is 2.84. The zero-order chi connectivity index (χ0) is 17.5. The predicted molar refractivity (Wildman–Crippen MR) is 87.0 cm³/mol. The van der Waals surface area contributed by atoms with Crippen LogP contribution >= 0.6 is 15.9 Å². The van der Waals surface area contributed by atoms with Gasteiger partial charge in [-0.05, 0) is 54.6 Å². The van der Waals surface area contributed by atoms with Crippen molar-refractivity contribution in [3.63, 3.8) is 0 Å². The Balaban J connectivity index is 1.91. The molecule has 0 aliphatic heterocycles. The lowest BCUT2D eigenvalue weighted by Crippen LogP contribution is -2.34. The maximum absolute atomic E-state index is 12.7. The van der Waals surface area contributed by atoms with E-state index in [2.05, 4.69) is 31.3 Å². The molecule has 0 bridgehead atoms. The first-order valence-corrected chi connectivity index (χ1v) is 8.60. The zero-order valence-electron chi connectivity index (χ0n) is 13.0. The number of nitrogens with one attached hydrogen (secondary N) is 1. The molecule has 1 atom stereocenters. The summed E-state index contributed by atoms with van der Waals surface area (Å²) in [5.74, 6) is 0.155. The molecule has 0 amide bonds. The number of halogens is 4. The molecule has 9 heteroatoms. The van der Waals surface area contributed by atoms with E-state index >= 15 is 0 Å². The lowest BCUT2D eigenvalue weighted by Gasteiger charge is -2.25. The van der Waals surface area contributed by atoms with Crippen molar-refractivity contribution in [2.75, 3.05) is 5.32 Å². The molecule has 5 nitrogen and oxygen atoms in total. The Labute approximate surface area is 145 Å². The molecule has 132 valence electrons. The van der Waals surface area contributed by atoms with Crippen LogP contribution in [0.3, 0.4) is 0 Å². The van der Waals surface area contributed by atoms with Crippen molar-refractivity contribution < 1.29 is 18.3 Å². The molecular formula is C15H18BrF3N4O. The molecule has 1 aliphatic carbocycles. The number of aliphatic hydroxyl groups excluding tert-OH is 1. The number of aliphatic hydroxyl groups is 1. The minimum atomic E-state index is -4.36. The fourth-order valence-electron chi connectivity index (χ4n) is 2.98. The van der Waals surface area contributed by atoms with E-state index in [-0.39, 0.29) is 18.0 Å². The van der Waals surface area contributed by atoms with Gasteiger partial charge in [-0.3, -0.25) is 0 Å². The van der Waals surface area contributed by atoms with Gasteiger partial charge in [-0.15, -0.1) is 5.10 Å². The molecule has 0 aromatic carbocycles. The molecule has 2 heterocycles. The monoisotopic (exact) mass is 406 g/mol. The summed E-state index contributed by atoms with van der Waals surface area (Å²) in [6, 6.07) is 0.200. The van der Waals surface area contributed by atoms with Crippen molar-refractivity contribution in [2.45, 2.75) is 56.8 Å². The van der Waals surface area contributed by atoms with E-state index in [1.54, 1.807) is 4.52 Å². The third kappa shape index (κ3) is 3.51. The topological polar surface area (TPSA) is 62.5 Å². The van der Waals surface area contributed by atoms with Gasteiger partial charge in [-0.2, -0.15) is 13.2 Å². The Hall–Kier alpha value is -1.35. The van der Waals surface area contributed by atoms with E-state index in [9.17, 15) is 18.3 Å². The molecule has 2 N–H and O–H groups in total. The van der Waals surface area contributed by atoms with Crippen molar-refractivity contribution in [3.8, 4) is 0 Å². The third-order valence-corrected chi connectivity index (χ3v) is 5.08.